The summed E-state index contributed by atoms with van der Waals surface area (Å²) in [4.78, 5) is 36.4. The first-order valence-electron chi connectivity index (χ1n) is 9.84. The maximum Gasteiger partial charge on any atom is 0.285 e. The molecule has 0 bridgehead atoms. The van der Waals surface area contributed by atoms with E-state index in [1.54, 1.807) is 44.2 Å². The number of nitrogens with one attached hydrogen (secondary N) is 1. The number of hydrogen-bond donors (Lipinski definition) is 1. The number of halogens is 1. The molecule has 0 unspecified atom stereocenters. The van der Waals surface area contributed by atoms with Gasteiger partial charge in [0, 0.05) is 33.9 Å². The van der Waals surface area contributed by atoms with Crippen molar-refractivity contribution < 1.29 is 18.9 Å². The van der Waals surface area contributed by atoms with E-state index in [0.29, 0.717) is 33.2 Å². The predicted molar refractivity (Wildman–Crippen MR) is 134 cm³/mol. The van der Waals surface area contributed by atoms with E-state index >= 15 is 0 Å². The molecular formula is C23H16ClN3O5S2. The Kier molecular flexibility index (Phi) is 6.56. The Morgan fingerprint density at radius 3 is 2.59 bits per heavy atom. The van der Waals surface area contributed by atoms with E-state index in [0.717, 1.165) is 22.3 Å². The molecule has 2 aromatic carbocycles. The Hall–Kier alpha value is -3.47. The van der Waals surface area contributed by atoms with E-state index in [2.05, 4.69) is 5.43 Å². The first kappa shape index (κ1) is 23.7. The van der Waals surface area contributed by atoms with Crippen LogP contribution in [0.5, 0.6) is 0 Å². The third-order valence-corrected chi connectivity index (χ3v) is 6.69. The van der Waals surface area contributed by atoms with Crippen LogP contribution in [0, 0.1) is 24.0 Å². The fraction of sp³-hybridized carbons (Fsp3) is 0.0870. The van der Waals surface area contributed by atoms with Crippen molar-refractivity contribution in [2.24, 2.45) is 0 Å². The van der Waals surface area contributed by atoms with Crippen LogP contribution >= 0.6 is 35.6 Å². The van der Waals surface area contributed by atoms with Gasteiger partial charge >= 0.3 is 0 Å². The van der Waals surface area contributed by atoms with Gasteiger partial charge in [0.1, 0.15) is 11.5 Å². The number of aryl methyl sites for hydroxylation is 1. The van der Waals surface area contributed by atoms with Gasteiger partial charge in [-0.15, -0.1) is 0 Å². The minimum Gasteiger partial charge on any atom is -0.457 e. The zero-order valence-electron chi connectivity index (χ0n) is 17.8. The Bertz CT molecular complexity index is 1380. The van der Waals surface area contributed by atoms with Gasteiger partial charge < -0.3 is 4.42 Å². The number of thiocarbonyl (C=S) groups is 1. The van der Waals surface area contributed by atoms with Crippen molar-refractivity contribution in [2.75, 3.05) is 0 Å². The van der Waals surface area contributed by atoms with Crippen molar-refractivity contribution in [1.82, 2.24) is 10.4 Å². The molecule has 2 amide bonds. The van der Waals surface area contributed by atoms with Crippen LogP contribution in [0.4, 0.5) is 5.69 Å². The molecule has 8 nitrogen and oxygen atoms in total. The minimum absolute atomic E-state index is 0.00486. The summed E-state index contributed by atoms with van der Waals surface area (Å²) in [5.74, 6) is -0.229. The van der Waals surface area contributed by atoms with Gasteiger partial charge in [0.2, 0.25) is 0 Å². The van der Waals surface area contributed by atoms with Gasteiger partial charge in [0.25, 0.3) is 17.5 Å². The Balaban J connectivity index is 1.54. The average Bonchev–Trinajstić information content (AvgIpc) is 3.36. The summed E-state index contributed by atoms with van der Waals surface area (Å²) in [5.41, 5.74) is 4.72. The van der Waals surface area contributed by atoms with Crippen molar-refractivity contribution in [1.29, 1.82) is 0 Å². The highest BCUT2D eigenvalue weighted by Gasteiger charge is 2.34. The van der Waals surface area contributed by atoms with Crippen LogP contribution in [0.15, 0.2) is 57.9 Å². The molecule has 1 fully saturated rings. The smallest absolute Gasteiger partial charge is 0.285 e. The average molecular weight is 514 g/mol. The lowest BCUT2D eigenvalue weighted by atomic mass is 10.0. The van der Waals surface area contributed by atoms with Crippen LogP contribution < -0.4 is 5.43 Å². The van der Waals surface area contributed by atoms with Gasteiger partial charge in [-0.1, -0.05) is 23.4 Å². The van der Waals surface area contributed by atoms with Crippen LogP contribution in [-0.2, 0) is 4.79 Å². The zero-order chi connectivity index (χ0) is 24.6. The molecule has 172 valence electrons. The molecule has 34 heavy (non-hydrogen) atoms. The molecule has 11 heteroatoms. The summed E-state index contributed by atoms with van der Waals surface area (Å²) in [6.45, 7) is 3.48. The van der Waals surface area contributed by atoms with Crippen molar-refractivity contribution in [2.45, 2.75) is 13.8 Å². The van der Waals surface area contributed by atoms with Crippen molar-refractivity contribution in [3.8, 4) is 11.3 Å². The second kappa shape index (κ2) is 9.41. The molecule has 4 rings (SSSR count). The molecule has 1 N–H and O–H groups in total. The quantitative estimate of drug-likeness (QED) is 0.203. The van der Waals surface area contributed by atoms with Gasteiger partial charge in [0.05, 0.1) is 9.83 Å². The molecule has 0 atom stereocenters. The zero-order valence-corrected chi connectivity index (χ0v) is 20.2. The van der Waals surface area contributed by atoms with E-state index in [9.17, 15) is 19.7 Å². The number of carbonyl (C=O) groups excluding carboxylic acids is 2. The maximum absolute atomic E-state index is 12.8. The van der Waals surface area contributed by atoms with Crippen LogP contribution in [0.2, 0.25) is 5.02 Å². The first-order chi connectivity index (χ1) is 16.1. The molecule has 0 saturated carbocycles. The second-order valence-electron chi connectivity index (χ2n) is 7.36. The third kappa shape index (κ3) is 4.74. The number of rotatable bonds is 5. The third-order valence-electron chi connectivity index (χ3n) is 5.13. The number of nitrogens with zero attached hydrogens (tertiary/aromatic N) is 2. The number of furan rings is 1. The highest BCUT2D eigenvalue weighted by atomic mass is 35.5. The van der Waals surface area contributed by atoms with Gasteiger partial charge in [-0.3, -0.25) is 25.1 Å². The normalized spacial score (nSPS) is 14.7. The van der Waals surface area contributed by atoms with Crippen LogP contribution in [0.25, 0.3) is 17.4 Å². The SMILES string of the molecule is Cc1cc(-c2ccc(/C=C3/SC(=S)N(NC(=O)c4ccc(Cl)cc4)C3=O)o2)cc([N+](=O)[O-])c1C. The highest BCUT2D eigenvalue weighted by Crippen LogP contribution is 2.34. The molecule has 1 aromatic heterocycles. The predicted octanol–water partition coefficient (Wildman–Crippen LogP) is 5.67. The van der Waals surface area contributed by atoms with Crippen LogP contribution in [-0.4, -0.2) is 26.1 Å². The maximum atomic E-state index is 12.8. The summed E-state index contributed by atoms with van der Waals surface area (Å²) >= 11 is 12.1. The fourth-order valence-corrected chi connectivity index (χ4v) is 4.50. The van der Waals surface area contributed by atoms with E-state index in [4.69, 9.17) is 28.2 Å². The second-order valence-corrected chi connectivity index (χ2v) is 9.47. The molecule has 0 aliphatic carbocycles. The van der Waals surface area contributed by atoms with E-state index in [1.807, 2.05) is 0 Å². The first-order valence-corrected chi connectivity index (χ1v) is 11.4. The van der Waals surface area contributed by atoms with Gasteiger partial charge in [-0.05, 0) is 74.1 Å². The number of thioether (sulfide) groups is 1. The minimum atomic E-state index is -0.508. The Morgan fingerprint density at radius 1 is 1.21 bits per heavy atom. The lowest BCUT2D eigenvalue weighted by molar-refractivity contribution is -0.385. The molecule has 2 heterocycles. The molecule has 0 spiro atoms. The fourth-order valence-electron chi connectivity index (χ4n) is 3.22. The number of carbonyl (C=O) groups is 2. The number of hydrogen-bond acceptors (Lipinski definition) is 7. The Labute approximate surface area is 208 Å². The summed E-state index contributed by atoms with van der Waals surface area (Å²) in [7, 11) is 0. The molecule has 3 aromatic rings. The van der Waals surface area contributed by atoms with Gasteiger partial charge in [-0.2, -0.15) is 5.01 Å². The van der Waals surface area contributed by atoms with Gasteiger partial charge in [0.15, 0.2) is 4.32 Å². The summed E-state index contributed by atoms with van der Waals surface area (Å²) in [5, 5.41) is 12.8. The lowest BCUT2D eigenvalue weighted by Gasteiger charge is -2.15. The van der Waals surface area contributed by atoms with Crippen LogP contribution in [0.1, 0.15) is 27.2 Å². The molecule has 1 saturated heterocycles. The Morgan fingerprint density at radius 2 is 1.91 bits per heavy atom. The number of amides is 2. The largest absolute Gasteiger partial charge is 0.457 e. The number of nitro groups is 1. The summed E-state index contributed by atoms with van der Waals surface area (Å²) in [6.07, 6.45) is 1.51. The summed E-state index contributed by atoms with van der Waals surface area (Å²) in [6, 6.07) is 12.8. The van der Waals surface area contributed by atoms with Crippen molar-refractivity contribution >= 4 is 63.5 Å². The monoisotopic (exact) mass is 513 g/mol. The molecular weight excluding hydrogens is 498 g/mol. The lowest BCUT2D eigenvalue weighted by Crippen LogP contribution is -2.44. The van der Waals surface area contributed by atoms with Crippen molar-refractivity contribution in [3.05, 3.63) is 91.0 Å². The van der Waals surface area contributed by atoms with E-state index < -0.39 is 16.7 Å². The molecule has 1 aliphatic heterocycles. The number of nitro benzene ring substituents is 1. The number of benzene rings is 2. The van der Waals surface area contributed by atoms with E-state index in [-0.39, 0.29) is 14.9 Å². The van der Waals surface area contributed by atoms with Crippen molar-refractivity contribution in [3.63, 3.8) is 0 Å². The standard InChI is InChI=1S/C23H16ClN3O5S2/c1-12-9-15(10-18(13(12)2)27(30)31)19-8-7-17(32-19)11-20-22(29)26(23(33)34-20)25-21(28)14-3-5-16(24)6-4-14/h3-11H,1-2H3,(H,25,28)/b20-11+. The van der Waals surface area contributed by atoms with E-state index in [1.165, 1.54) is 24.3 Å². The molecule has 0 radical (unpaired) electrons. The highest BCUT2D eigenvalue weighted by molar-refractivity contribution is 8.26. The molecule has 1 aliphatic rings. The topological polar surface area (TPSA) is 106 Å². The van der Waals surface area contributed by atoms with Crippen LogP contribution in [0.3, 0.4) is 0 Å². The number of hydrazine groups is 1. The van der Waals surface area contributed by atoms with Gasteiger partial charge in [-0.25, -0.2) is 0 Å². The summed E-state index contributed by atoms with van der Waals surface area (Å²) < 4.78 is 5.98.